The van der Waals surface area contributed by atoms with Crippen LogP contribution in [0.1, 0.15) is 11.6 Å². The molecule has 0 aliphatic rings. The molecule has 3 rings (SSSR count). The van der Waals surface area contributed by atoms with E-state index in [1.54, 1.807) is 25.1 Å². The highest BCUT2D eigenvalue weighted by Crippen LogP contribution is 2.32. The molecule has 2 heterocycles. The van der Waals surface area contributed by atoms with Crippen molar-refractivity contribution in [1.29, 1.82) is 0 Å². The highest BCUT2D eigenvalue weighted by Gasteiger charge is 2.35. The number of carbonyl (C=O) groups excluding carboxylic acids is 1. The standard InChI is InChI=1S/C14H10F3N5O2S/c1-7-18-13(24-22-7)20-10(23)6-25-11-8-4-2-3-5-9(8)19-12(21-11)14(15,16)17/h2-5H,6H2,1H3,(H,18,20,22,23). The van der Waals surface area contributed by atoms with Crippen molar-refractivity contribution < 1.29 is 22.5 Å². The largest absolute Gasteiger partial charge is 0.451 e. The number of amides is 1. The van der Waals surface area contributed by atoms with Gasteiger partial charge in [-0.15, -0.1) is 0 Å². The van der Waals surface area contributed by atoms with Crippen LogP contribution in [0.5, 0.6) is 0 Å². The molecule has 0 spiro atoms. The lowest BCUT2D eigenvalue weighted by Crippen LogP contribution is -2.15. The van der Waals surface area contributed by atoms with E-state index in [-0.39, 0.29) is 22.3 Å². The number of hydrogen-bond donors (Lipinski definition) is 1. The molecule has 0 saturated carbocycles. The number of aromatic nitrogens is 4. The predicted molar refractivity (Wildman–Crippen MR) is 82.9 cm³/mol. The summed E-state index contributed by atoms with van der Waals surface area (Å²) in [5.41, 5.74) is 0.153. The lowest BCUT2D eigenvalue weighted by atomic mass is 10.2. The third kappa shape index (κ3) is 4.05. The summed E-state index contributed by atoms with van der Waals surface area (Å²) in [6.45, 7) is 1.58. The van der Waals surface area contributed by atoms with E-state index in [4.69, 9.17) is 4.52 Å². The lowest BCUT2D eigenvalue weighted by molar-refractivity contribution is -0.145. The summed E-state index contributed by atoms with van der Waals surface area (Å²) in [7, 11) is 0. The SMILES string of the molecule is Cc1noc(NC(=O)CSc2nc(C(F)(F)F)nc3ccccc23)n1. The van der Waals surface area contributed by atoms with E-state index < -0.39 is 17.9 Å². The van der Waals surface area contributed by atoms with Crippen molar-refractivity contribution in [2.24, 2.45) is 0 Å². The molecule has 0 aliphatic heterocycles. The van der Waals surface area contributed by atoms with Gasteiger partial charge >= 0.3 is 12.2 Å². The van der Waals surface area contributed by atoms with Crippen LogP contribution in [0.15, 0.2) is 33.8 Å². The smallest absolute Gasteiger partial charge is 0.315 e. The van der Waals surface area contributed by atoms with Gasteiger partial charge in [0.05, 0.1) is 11.3 Å². The molecule has 130 valence electrons. The molecule has 1 aromatic carbocycles. The number of hydrogen-bond acceptors (Lipinski definition) is 7. The number of aryl methyl sites for hydroxylation is 1. The van der Waals surface area contributed by atoms with Crippen molar-refractivity contribution >= 4 is 34.6 Å². The quantitative estimate of drug-likeness (QED) is 0.558. The van der Waals surface area contributed by atoms with Gasteiger partial charge in [0, 0.05) is 5.39 Å². The van der Waals surface area contributed by atoms with Gasteiger partial charge < -0.3 is 4.52 Å². The van der Waals surface area contributed by atoms with E-state index in [0.717, 1.165) is 11.8 Å². The monoisotopic (exact) mass is 369 g/mol. The van der Waals surface area contributed by atoms with E-state index in [1.165, 1.54) is 6.07 Å². The summed E-state index contributed by atoms with van der Waals surface area (Å²) in [6, 6.07) is 6.21. The third-order valence-electron chi connectivity index (χ3n) is 2.94. The Morgan fingerprint density at radius 1 is 1.24 bits per heavy atom. The second-order valence-electron chi connectivity index (χ2n) is 4.85. The van der Waals surface area contributed by atoms with E-state index in [2.05, 4.69) is 25.4 Å². The average molecular weight is 369 g/mol. The first-order chi connectivity index (χ1) is 11.8. The number of nitrogens with one attached hydrogen (secondary N) is 1. The van der Waals surface area contributed by atoms with Gasteiger partial charge in [0.15, 0.2) is 5.82 Å². The van der Waals surface area contributed by atoms with Gasteiger partial charge in [0.25, 0.3) is 0 Å². The molecular formula is C14H10F3N5O2S. The van der Waals surface area contributed by atoms with Crippen LogP contribution in [-0.4, -0.2) is 31.8 Å². The minimum absolute atomic E-state index is 0.0646. The Kier molecular flexibility index (Phi) is 4.57. The van der Waals surface area contributed by atoms with Crippen molar-refractivity contribution in [3.05, 3.63) is 35.9 Å². The van der Waals surface area contributed by atoms with Crippen LogP contribution in [0.25, 0.3) is 10.9 Å². The minimum Gasteiger partial charge on any atom is -0.315 e. The third-order valence-corrected chi connectivity index (χ3v) is 3.93. The highest BCUT2D eigenvalue weighted by molar-refractivity contribution is 8.00. The summed E-state index contributed by atoms with van der Waals surface area (Å²) in [5.74, 6) is -1.59. The van der Waals surface area contributed by atoms with Crippen molar-refractivity contribution in [1.82, 2.24) is 20.1 Å². The molecule has 0 aliphatic carbocycles. The summed E-state index contributed by atoms with van der Waals surface area (Å²) in [5, 5.41) is 6.37. The zero-order valence-corrected chi connectivity index (χ0v) is 13.5. The fourth-order valence-electron chi connectivity index (χ4n) is 1.92. The van der Waals surface area contributed by atoms with Crippen LogP contribution in [0.2, 0.25) is 0 Å². The first-order valence-electron chi connectivity index (χ1n) is 6.90. The van der Waals surface area contributed by atoms with Gasteiger partial charge in [-0.05, 0) is 13.0 Å². The second-order valence-corrected chi connectivity index (χ2v) is 5.81. The number of rotatable bonds is 4. The number of carbonyl (C=O) groups is 1. The molecule has 11 heteroatoms. The van der Waals surface area contributed by atoms with Crippen molar-refractivity contribution in [3.8, 4) is 0 Å². The summed E-state index contributed by atoms with van der Waals surface area (Å²) < 4.78 is 43.6. The molecular weight excluding hydrogens is 359 g/mol. The first-order valence-corrected chi connectivity index (χ1v) is 7.88. The van der Waals surface area contributed by atoms with E-state index in [1.807, 2.05) is 0 Å². The van der Waals surface area contributed by atoms with Crippen molar-refractivity contribution in [2.75, 3.05) is 11.1 Å². The van der Waals surface area contributed by atoms with Crippen LogP contribution in [-0.2, 0) is 11.0 Å². The number of benzene rings is 1. The molecule has 0 saturated heterocycles. The number of fused-ring (bicyclic) bond motifs is 1. The number of thioether (sulfide) groups is 1. The van der Waals surface area contributed by atoms with E-state index in [9.17, 15) is 18.0 Å². The van der Waals surface area contributed by atoms with Crippen LogP contribution < -0.4 is 5.32 Å². The maximum atomic E-state index is 12.9. The van der Waals surface area contributed by atoms with Crippen molar-refractivity contribution in [2.45, 2.75) is 18.1 Å². The van der Waals surface area contributed by atoms with Crippen LogP contribution in [0, 0.1) is 6.92 Å². The summed E-state index contributed by atoms with van der Waals surface area (Å²) >= 11 is 0.861. The Balaban J connectivity index is 1.81. The first kappa shape index (κ1) is 17.1. The molecule has 25 heavy (non-hydrogen) atoms. The average Bonchev–Trinajstić information content (AvgIpc) is 2.96. The van der Waals surface area contributed by atoms with Crippen LogP contribution in [0.4, 0.5) is 19.2 Å². The number of alkyl halides is 3. The normalized spacial score (nSPS) is 11.7. The maximum absolute atomic E-state index is 12.9. The van der Waals surface area contributed by atoms with Gasteiger partial charge in [-0.25, -0.2) is 9.97 Å². The fourth-order valence-corrected chi connectivity index (χ4v) is 2.74. The van der Waals surface area contributed by atoms with Gasteiger partial charge in [0.2, 0.25) is 11.7 Å². The molecule has 0 atom stereocenters. The molecule has 7 nitrogen and oxygen atoms in total. The molecule has 0 radical (unpaired) electrons. The molecule has 3 aromatic rings. The van der Waals surface area contributed by atoms with Gasteiger partial charge in [-0.3, -0.25) is 10.1 Å². The molecule has 2 aromatic heterocycles. The molecule has 1 amide bonds. The Bertz CT molecular complexity index is 928. The van der Waals surface area contributed by atoms with Crippen LogP contribution in [0.3, 0.4) is 0 Å². The number of para-hydroxylation sites is 1. The zero-order valence-electron chi connectivity index (χ0n) is 12.7. The molecule has 0 bridgehead atoms. The topological polar surface area (TPSA) is 93.8 Å². The number of anilines is 1. The second kappa shape index (κ2) is 6.67. The van der Waals surface area contributed by atoms with Crippen LogP contribution >= 0.6 is 11.8 Å². The fraction of sp³-hybridized carbons (Fsp3) is 0.214. The van der Waals surface area contributed by atoms with Crippen molar-refractivity contribution in [3.63, 3.8) is 0 Å². The number of halogens is 3. The zero-order chi connectivity index (χ0) is 18.0. The Morgan fingerprint density at radius 2 is 2.00 bits per heavy atom. The van der Waals surface area contributed by atoms with E-state index in [0.29, 0.717) is 11.2 Å². The highest BCUT2D eigenvalue weighted by atomic mass is 32.2. The Hall–Kier alpha value is -2.69. The minimum atomic E-state index is -4.68. The predicted octanol–water partition coefficient (Wildman–Crippen LogP) is 3.07. The summed E-state index contributed by atoms with van der Waals surface area (Å²) in [6.07, 6.45) is -4.68. The maximum Gasteiger partial charge on any atom is 0.451 e. The van der Waals surface area contributed by atoms with Gasteiger partial charge in [-0.2, -0.15) is 18.2 Å². The molecule has 0 unspecified atom stereocenters. The Morgan fingerprint density at radius 3 is 2.68 bits per heavy atom. The van der Waals surface area contributed by atoms with Gasteiger partial charge in [0.1, 0.15) is 5.03 Å². The molecule has 0 fully saturated rings. The Labute approximate surface area is 143 Å². The molecule has 1 N–H and O–H groups in total. The van der Waals surface area contributed by atoms with E-state index >= 15 is 0 Å². The summed E-state index contributed by atoms with van der Waals surface area (Å²) in [4.78, 5) is 22.8. The lowest BCUT2D eigenvalue weighted by Gasteiger charge is -2.10. The van der Waals surface area contributed by atoms with Gasteiger partial charge in [-0.1, -0.05) is 35.1 Å². The number of nitrogens with zero attached hydrogens (tertiary/aromatic N) is 4.